The second-order valence-corrected chi connectivity index (χ2v) is 7.36. The summed E-state index contributed by atoms with van der Waals surface area (Å²) in [5, 5.41) is 0. The van der Waals surface area contributed by atoms with E-state index in [0.29, 0.717) is 12.5 Å². The number of nitrogens with one attached hydrogen (secondary N) is 1. The Bertz CT molecular complexity index is 522. The standard InChI is InChI=1S/C13H22N4O2S/c1-10-2-4-11(5-3-10)6-7-17-20(18,19)12-8-15-13(14)16-9-12/h8-11,17H,2-7H2,1H3,(H2,14,15,16). The summed E-state index contributed by atoms with van der Waals surface area (Å²) in [4.78, 5) is 7.46. The normalized spacial score (nSPS) is 23.6. The molecule has 3 N–H and O–H groups in total. The molecule has 7 heteroatoms. The number of nitrogens with two attached hydrogens (primary N) is 1. The summed E-state index contributed by atoms with van der Waals surface area (Å²) in [5.41, 5.74) is 5.34. The zero-order chi connectivity index (χ0) is 14.6. The van der Waals surface area contributed by atoms with Gasteiger partial charge in [-0.1, -0.05) is 32.6 Å². The molecule has 1 fully saturated rings. The molecule has 0 unspecified atom stereocenters. The lowest BCUT2D eigenvalue weighted by molar-refractivity contribution is 0.278. The van der Waals surface area contributed by atoms with Crippen LogP contribution in [-0.2, 0) is 10.0 Å². The van der Waals surface area contributed by atoms with Gasteiger partial charge in [-0.05, 0) is 18.3 Å². The van der Waals surface area contributed by atoms with Crippen LogP contribution in [0.4, 0.5) is 5.95 Å². The van der Waals surface area contributed by atoms with E-state index in [1.165, 1.54) is 38.1 Å². The van der Waals surface area contributed by atoms with E-state index in [9.17, 15) is 8.42 Å². The van der Waals surface area contributed by atoms with Crippen molar-refractivity contribution in [2.75, 3.05) is 12.3 Å². The van der Waals surface area contributed by atoms with Crippen molar-refractivity contribution in [3.63, 3.8) is 0 Å². The Balaban J connectivity index is 1.82. The zero-order valence-corrected chi connectivity index (χ0v) is 12.6. The Labute approximate surface area is 120 Å². The van der Waals surface area contributed by atoms with Gasteiger partial charge in [0.1, 0.15) is 4.90 Å². The number of rotatable bonds is 5. The lowest BCUT2D eigenvalue weighted by Gasteiger charge is -2.26. The average molecular weight is 298 g/mol. The van der Waals surface area contributed by atoms with Gasteiger partial charge in [-0.15, -0.1) is 0 Å². The van der Waals surface area contributed by atoms with E-state index in [-0.39, 0.29) is 10.8 Å². The van der Waals surface area contributed by atoms with Crippen LogP contribution in [0.1, 0.15) is 39.0 Å². The first-order valence-electron chi connectivity index (χ1n) is 7.04. The van der Waals surface area contributed by atoms with Crippen LogP contribution in [-0.4, -0.2) is 24.9 Å². The first-order valence-corrected chi connectivity index (χ1v) is 8.53. The quantitative estimate of drug-likeness (QED) is 0.859. The van der Waals surface area contributed by atoms with Crippen molar-refractivity contribution in [1.29, 1.82) is 0 Å². The van der Waals surface area contributed by atoms with Gasteiger partial charge in [0, 0.05) is 6.54 Å². The van der Waals surface area contributed by atoms with Crippen molar-refractivity contribution in [3.05, 3.63) is 12.4 Å². The molecular weight excluding hydrogens is 276 g/mol. The van der Waals surface area contributed by atoms with Gasteiger partial charge < -0.3 is 5.73 Å². The van der Waals surface area contributed by atoms with Crippen molar-refractivity contribution in [3.8, 4) is 0 Å². The van der Waals surface area contributed by atoms with Gasteiger partial charge in [0.15, 0.2) is 0 Å². The first-order chi connectivity index (χ1) is 9.47. The molecule has 0 bridgehead atoms. The third-order valence-electron chi connectivity index (χ3n) is 3.94. The van der Waals surface area contributed by atoms with E-state index in [2.05, 4.69) is 21.6 Å². The molecule has 0 saturated heterocycles. The van der Waals surface area contributed by atoms with E-state index in [1.54, 1.807) is 0 Å². The van der Waals surface area contributed by atoms with Gasteiger partial charge in [-0.2, -0.15) is 0 Å². The maximum absolute atomic E-state index is 12.0. The molecule has 0 atom stereocenters. The van der Waals surface area contributed by atoms with E-state index in [1.807, 2.05) is 0 Å². The molecule has 1 aromatic heterocycles. The van der Waals surface area contributed by atoms with Gasteiger partial charge in [-0.25, -0.2) is 23.1 Å². The Morgan fingerprint density at radius 3 is 2.45 bits per heavy atom. The Hall–Kier alpha value is -1.21. The highest BCUT2D eigenvalue weighted by atomic mass is 32.2. The highest BCUT2D eigenvalue weighted by molar-refractivity contribution is 7.89. The van der Waals surface area contributed by atoms with Crippen molar-refractivity contribution >= 4 is 16.0 Å². The third-order valence-corrected chi connectivity index (χ3v) is 5.35. The number of sulfonamides is 1. The minimum Gasteiger partial charge on any atom is -0.368 e. The minimum absolute atomic E-state index is 0.0592. The lowest BCUT2D eigenvalue weighted by atomic mass is 9.81. The molecule has 20 heavy (non-hydrogen) atoms. The maximum atomic E-state index is 12.0. The third kappa shape index (κ3) is 4.14. The van der Waals surface area contributed by atoms with Crippen LogP contribution in [0.3, 0.4) is 0 Å². The molecule has 1 aliphatic carbocycles. The van der Waals surface area contributed by atoms with Crippen LogP contribution in [0.5, 0.6) is 0 Å². The smallest absolute Gasteiger partial charge is 0.243 e. The fourth-order valence-corrected chi connectivity index (χ4v) is 3.50. The van der Waals surface area contributed by atoms with E-state index >= 15 is 0 Å². The summed E-state index contributed by atoms with van der Waals surface area (Å²) in [6.07, 6.45) is 8.26. The summed E-state index contributed by atoms with van der Waals surface area (Å²) in [7, 11) is -3.52. The molecule has 0 aliphatic heterocycles. The molecule has 0 amide bonds. The minimum atomic E-state index is -3.52. The van der Waals surface area contributed by atoms with Crippen molar-refractivity contribution in [2.24, 2.45) is 11.8 Å². The van der Waals surface area contributed by atoms with E-state index in [0.717, 1.165) is 12.3 Å². The maximum Gasteiger partial charge on any atom is 0.243 e. The molecule has 1 aromatic rings. The molecule has 1 aliphatic rings. The summed E-state index contributed by atoms with van der Waals surface area (Å²) in [6.45, 7) is 2.74. The number of anilines is 1. The predicted octanol–water partition coefficient (Wildman–Crippen LogP) is 1.55. The largest absolute Gasteiger partial charge is 0.368 e. The van der Waals surface area contributed by atoms with Gasteiger partial charge in [0.2, 0.25) is 16.0 Å². The molecule has 6 nitrogen and oxygen atoms in total. The number of hydrogen-bond acceptors (Lipinski definition) is 5. The van der Waals surface area contributed by atoms with Gasteiger partial charge in [0.05, 0.1) is 12.4 Å². The van der Waals surface area contributed by atoms with E-state index < -0.39 is 10.0 Å². The second kappa shape index (κ2) is 6.49. The summed E-state index contributed by atoms with van der Waals surface area (Å²) >= 11 is 0. The molecular formula is C13H22N4O2S. The fourth-order valence-electron chi connectivity index (χ4n) is 2.56. The molecule has 1 heterocycles. The SMILES string of the molecule is CC1CCC(CCNS(=O)(=O)c2cnc(N)nc2)CC1. The Morgan fingerprint density at radius 1 is 1.25 bits per heavy atom. The molecule has 0 aromatic carbocycles. The molecule has 0 spiro atoms. The van der Waals surface area contributed by atoms with Crippen LogP contribution < -0.4 is 10.5 Å². The average Bonchev–Trinajstić information content (AvgIpc) is 2.41. The molecule has 1 saturated carbocycles. The zero-order valence-electron chi connectivity index (χ0n) is 11.7. The van der Waals surface area contributed by atoms with Crippen molar-refractivity contribution in [1.82, 2.24) is 14.7 Å². The molecule has 0 radical (unpaired) electrons. The Kier molecular flexibility index (Phi) is 4.93. The lowest BCUT2D eigenvalue weighted by Crippen LogP contribution is -2.27. The highest BCUT2D eigenvalue weighted by Crippen LogP contribution is 2.30. The summed E-state index contributed by atoms with van der Waals surface area (Å²) in [6, 6.07) is 0. The van der Waals surface area contributed by atoms with Crippen molar-refractivity contribution < 1.29 is 8.42 Å². The highest BCUT2D eigenvalue weighted by Gasteiger charge is 2.19. The first kappa shape index (κ1) is 15.2. The summed E-state index contributed by atoms with van der Waals surface area (Å²) < 4.78 is 26.6. The summed E-state index contributed by atoms with van der Waals surface area (Å²) in [5.74, 6) is 1.52. The molecule has 112 valence electrons. The van der Waals surface area contributed by atoms with Crippen LogP contribution in [0.15, 0.2) is 17.3 Å². The fraction of sp³-hybridized carbons (Fsp3) is 0.692. The molecule has 2 rings (SSSR count). The number of nitrogens with zero attached hydrogens (tertiary/aromatic N) is 2. The monoisotopic (exact) mass is 298 g/mol. The van der Waals surface area contributed by atoms with Crippen LogP contribution >= 0.6 is 0 Å². The van der Waals surface area contributed by atoms with Gasteiger partial charge in [-0.3, -0.25) is 0 Å². The van der Waals surface area contributed by atoms with E-state index in [4.69, 9.17) is 5.73 Å². The second-order valence-electron chi connectivity index (χ2n) is 5.59. The van der Waals surface area contributed by atoms with Crippen LogP contribution in [0, 0.1) is 11.8 Å². The van der Waals surface area contributed by atoms with Gasteiger partial charge in [0.25, 0.3) is 0 Å². The topological polar surface area (TPSA) is 98.0 Å². The van der Waals surface area contributed by atoms with Crippen LogP contribution in [0.25, 0.3) is 0 Å². The predicted molar refractivity (Wildman–Crippen MR) is 77.4 cm³/mol. The number of hydrogen-bond donors (Lipinski definition) is 2. The Morgan fingerprint density at radius 2 is 1.85 bits per heavy atom. The van der Waals surface area contributed by atoms with Crippen molar-refractivity contribution in [2.45, 2.75) is 43.9 Å². The number of aromatic nitrogens is 2. The number of nitrogen functional groups attached to an aromatic ring is 1. The van der Waals surface area contributed by atoms with Gasteiger partial charge >= 0.3 is 0 Å². The van der Waals surface area contributed by atoms with Crippen LogP contribution in [0.2, 0.25) is 0 Å².